The second kappa shape index (κ2) is 7.86. The molecule has 0 fully saturated rings. The molecule has 1 aromatic carbocycles. The van der Waals surface area contributed by atoms with Gasteiger partial charge in [-0.25, -0.2) is 4.39 Å². The Hall–Kier alpha value is -0.780. The maximum atomic E-state index is 13.7. The Balaban J connectivity index is 0.00000200. The molecule has 0 radical (unpaired) electrons. The van der Waals surface area contributed by atoms with Crippen LogP contribution in [0.3, 0.4) is 0 Å². The smallest absolute Gasteiger partial charge is 0.239 e. The first-order valence-electron chi connectivity index (χ1n) is 6.43. The lowest BCUT2D eigenvalue weighted by Crippen LogP contribution is -2.46. The molecule has 3 nitrogen and oxygen atoms in total. The Kier molecular flexibility index (Phi) is 6.79. The van der Waals surface area contributed by atoms with E-state index in [9.17, 15) is 9.18 Å². The van der Waals surface area contributed by atoms with E-state index in [1.165, 1.54) is 6.07 Å². The van der Waals surface area contributed by atoms with E-state index in [4.69, 9.17) is 5.73 Å². The average molecular weight is 319 g/mol. The van der Waals surface area contributed by atoms with Crippen LogP contribution in [0.4, 0.5) is 4.39 Å². The van der Waals surface area contributed by atoms with Gasteiger partial charge in [-0.3, -0.25) is 4.79 Å². The Morgan fingerprint density at radius 2 is 2.30 bits per heavy atom. The van der Waals surface area contributed by atoms with Gasteiger partial charge in [-0.1, -0.05) is 12.1 Å². The average Bonchev–Trinajstić information content (AvgIpc) is 2.44. The summed E-state index contributed by atoms with van der Waals surface area (Å²) in [7, 11) is 0. The summed E-state index contributed by atoms with van der Waals surface area (Å²) >= 11 is 1.67. The number of nitrogens with zero attached hydrogens (tertiary/aromatic N) is 1. The van der Waals surface area contributed by atoms with Crippen LogP contribution in [0.5, 0.6) is 0 Å². The normalized spacial score (nSPS) is 15.2. The first-order chi connectivity index (χ1) is 9.13. The fraction of sp³-hybridized carbons (Fsp3) is 0.500. The van der Waals surface area contributed by atoms with Crippen molar-refractivity contribution in [3.63, 3.8) is 0 Å². The van der Waals surface area contributed by atoms with Gasteiger partial charge in [0.2, 0.25) is 5.91 Å². The number of hydrogen-bond donors (Lipinski definition) is 1. The van der Waals surface area contributed by atoms with Crippen LogP contribution in [0.2, 0.25) is 0 Å². The van der Waals surface area contributed by atoms with Crippen molar-refractivity contribution in [2.24, 2.45) is 5.73 Å². The zero-order valence-corrected chi connectivity index (χ0v) is 13.1. The van der Waals surface area contributed by atoms with Crippen LogP contribution in [0.15, 0.2) is 18.2 Å². The van der Waals surface area contributed by atoms with Crippen LogP contribution < -0.4 is 5.73 Å². The fourth-order valence-electron chi connectivity index (χ4n) is 2.33. The second-order valence-electron chi connectivity index (χ2n) is 4.78. The zero-order chi connectivity index (χ0) is 13.8. The molecule has 0 spiro atoms. The summed E-state index contributed by atoms with van der Waals surface area (Å²) in [6.45, 7) is 0.968. The highest BCUT2D eigenvalue weighted by molar-refractivity contribution is 7.98. The van der Waals surface area contributed by atoms with Crippen molar-refractivity contribution in [3.8, 4) is 0 Å². The van der Waals surface area contributed by atoms with E-state index in [1.807, 2.05) is 12.3 Å². The molecule has 0 unspecified atom stereocenters. The maximum Gasteiger partial charge on any atom is 0.239 e. The van der Waals surface area contributed by atoms with E-state index in [2.05, 4.69) is 0 Å². The topological polar surface area (TPSA) is 46.3 Å². The summed E-state index contributed by atoms with van der Waals surface area (Å²) in [5.74, 6) is 0.571. The summed E-state index contributed by atoms with van der Waals surface area (Å²) in [5.41, 5.74) is 7.53. The van der Waals surface area contributed by atoms with E-state index in [1.54, 1.807) is 22.7 Å². The van der Waals surface area contributed by atoms with Crippen LogP contribution in [-0.4, -0.2) is 35.4 Å². The van der Waals surface area contributed by atoms with Crippen molar-refractivity contribution in [2.75, 3.05) is 18.6 Å². The number of hydrogen-bond acceptors (Lipinski definition) is 3. The molecule has 2 N–H and O–H groups in total. The summed E-state index contributed by atoms with van der Waals surface area (Å²) in [4.78, 5) is 13.9. The van der Waals surface area contributed by atoms with Gasteiger partial charge in [0, 0.05) is 18.7 Å². The van der Waals surface area contributed by atoms with Gasteiger partial charge in [-0.2, -0.15) is 11.8 Å². The van der Waals surface area contributed by atoms with Crippen molar-refractivity contribution < 1.29 is 9.18 Å². The number of benzene rings is 1. The summed E-state index contributed by atoms with van der Waals surface area (Å²) < 4.78 is 13.7. The Morgan fingerprint density at radius 3 is 3.00 bits per heavy atom. The summed E-state index contributed by atoms with van der Waals surface area (Å²) in [6.07, 6.45) is 3.36. The van der Waals surface area contributed by atoms with E-state index in [0.29, 0.717) is 31.5 Å². The van der Waals surface area contributed by atoms with E-state index in [0.717, 1.165) is 11.3 Å². The van der Waals surface area contributed by atoms with Gasteiger partial charge >= 0.3 is 0 Å². The largest absolute Gasteiger partial charge is 0.337 e. The molecular formula is C14H20ClFN2OS. The molecule has 1 aliphatic heterocycles. The Bertz CT molecular complexity index is 472. The molecule has 0 aromatic heterocycles. The highest BCUT2D eigenvalue weighted by Gasteiger charge is 2.26. The van der Waals surface area contributed by atoms with Gasteiger partial charge < -0.3 is 10.6 Å². The van der Waals surface area contributed by atoms with Gasteiger partial charge in [-0.05, 0) is 36.5 Å². The summed E-state index contributed by atoms with van der Waals surface area (Å²) in [6, 6.07) is 4.62. The molecule has 1 amide bonds. The zero-order valence-electron chi connectivity index (χ0n) is 11.5. The number of halogens is 2. The minimum atomic E-state index is -0.472. The number of thioether (sulfide) groups is 1. The Morgan fingerprint density at radius 1 is 1.55 bits per heavy atom. The molecule has 0 saturated carbocycles. The first-order valence-corrected chi connectivity index (χ1v) is 7.82. The standard InChI is InChI=1S/C14H19FN2OS.ClH/c1-19-8-6-13(16)14(18)17-7-5-10-3-2-4-12(15)11(10)9-17;/h2-4,13H,5-9,16H2,1H3;1H/t13-;/m0./s1. The molecule has 0 saturated heterocycles. The fourth-order valence-corrected chi connectivity index (χ4v) is 2.82. The molecule has 0 bridgehead atoms. The van der Waals surface area contributed by atoms with Gasteiger partial charge in [0.25, 0.3) is 0 Å². The quantitative estimate of drug-likeness (QED) is 0.926. The molecular weight excluding hydrogens is 299 g/mol. The van der Waals surface area contributed by atoms with E-state index < -0.39 is 6.04 Å². The number of amides is 1. The summed E-state index contributed by atoms with van der Waals surface area (Å²) in [5, 5.41) is 0. The highest BCUT2D eigenvalue weighted by Crippen LogP contribution is 2.22. The number of nitrogens with two attached hydrogens (primary N) is 1. The lowest BCUT2D eigenvalue weighted by Gasteiger charge is -2.31. The molecule has 1 atom stereocenters. The highest BCUT2D eigenvalue weighted by atomic mass is 35.5. The van der Waals surface area contributed by atoms with Gasteiger partial charge in [0.05, 0.1) is 6.04 Å². The third-order valence-electron chi connectivity index (χ3n) is 3.48. The third-order valence-corrected chi connectivity index (χ3v) is 4.12. The van der Waals surface area contributed by atoms with Crippen LogP contribution in [0.25, 0.3) is 0 Å². The van der Waals surface area contributed by atoms with Gasteiger partial charge in [-0.15, -0.1) is 12.4 Å². The molecule has 112 valence electrons. The number of fused-ring (bicyclic) bond motifs is 1. The minimum Gasteiger partial charge on any atom is -0.337 e. The van der Waals surface area contributed by atoms with Crippen molar-refractivity contribution in [3.05, 3.63) is 35.1 Å². The third kappa shape index (κ3) is 3.87. The van der Waals surface area contributed by atoms with Crippen LogP contribution in [0.1, 0.15) is 17.5 Å². The Labute approximate surface area is 129 Å². The molecule has 0 aliphatic carbocycles. The number of carbonyl (C=O) groups is 1. The van der Waals surface area contributed by atoms with E-state index >= 15 is 0 Å². The molecule has 20 heavy (non-hydrogen) atoms. The van der Waals surface area contributed by atoms with Crippen molar-refractivity contribution in [1.29, 1.82) is 0 Å². The van der Waals surface area contributed by atoms with Crippen LogP contribution >= 0.6 is 24.2 Å². The van der Waals surface area contributed by atoms with Crippen LogP contribution in [0, 0.1) is 5.82 Å². The maximum absolute atomic E-state index is 13.7. The first kappa shape index (κ1) is 17.3. The second-order valence-corrected chi connectivity index (χ2v) is 5.76. The lowest BCUT2D eigenvalue weighted by molar-refractivity contribution is -0.133. The molecule has 1 heterocycles. The lowest BCUT2D eigenvalue weighted by atomic mass is 9.98. The molecule has 6 heteroatoms. The van der Waals surface area contributed by atoms with Crippen molar-refractivity contribution >= 4 is 30.1 Å². The number of rotatable bonds is 4. The van der Waals surface area contributed by atoms with Gasteiger partial charge in [0.1, 0.15) is 5.82 Å². The van der Waals surface area contributed by atoms with Crippen molar-refractivity contribution in [2.45, 2.75) is 25.4 Å². The van der Waals surface area contributed by atoms with Gasteiger partial charge in [0.15, 0.2) is 0 Å². The molecule has 2 rings (SSSR count). The minimum absolute atomic E-state index is 0. The van der Waals surface area contributed by atoms with Crippen molar-refractivity contribution in [1.82, 2.24) is 4.90 Å². The van der Waals surface area contributed by atoms with E-state index in [-0.39, 0.29) is 24.1 Å². The molecule has 1 aliphatic rings. The van der Waals surface area contributed by atoms with Crippen LogP contribution in [-0.2, 0) is 17.8 Å². The molecule has 1 aromatic rings. The predicted molar refractivity (Wildman–Crippen MR) is 83.7 cm³/mol. The predicted octanol–water partition coefficient (Wildman–Crippen LogP) is 2.21. The monoisotopic (exact) mass is 318 g/mol. The number of carbonyl (C=O) groups excluding carboxylic acids is 1. The SMILES string of the molecule is CSCC[C@H](N)C(=O)N1CCc2cccc(F)c2C1.Cl.